The highest BCUT2D eigenvalue weighted by atomic mass is 15.3. The van der Waals surface area contributed by atoms with E-state index in [0.717, 1.165) is 26.2 Å². The Bertz CT molecular complexity index is 426. The fourth-order valence-corrected chi connectivity index (χ4v) is 2.94. The quantitative estimate of drug-likeness (QED) is 0.887. The van der Waals surface area contributed by atoms with Crippen LogP contribution in [0.25, 0.3) is 0 Å². The number of piperazine rings is 1. The summed E-state index contributed by atoms with van der Waals surface area (Å²) in [7, 11) is 0. The van der Waals surface area contributed by atoms with E-state index in [2.05, 4.69) is 55.7 Å². The first-order valence-electron chi connectivity index (χ1n) is 7.22. The van der Waals surface area contributed by atoms with Crippen molar-refractivity contribution in [1.29, 1.82) is 0 Å². The molecule has 0 unspecified atom stereocenters. The molecule has 0 radical (unpaired) electrons. The van der Waals surface area contributed by atoms with Crippen molar-refractivity contribution < 1.29 is 0 Å². The second kappa shape index (κ2) is 5.51. The number of rotatable bonds is 2. The summed E-state index contributed by atoms with van der Waals surface area (Å²) in [4.78, 5) is 5.06. The minimum absolute atomic E-state index is 0.272. The molecule has 1 fully saturated rings. The van der Waals surface area contributed by atoms with Crippen molar-refractivity contribution in [2.45, 2.75) is 39.8 Å². The molecule has 2 rings (SSSR count). The third-order valence-electron chi connectivity index (χ3n) is 4.09. The monoisotopic (exact) mass is 261 g/mol. The van der Waals surface area contributed by atoms with E-state index in [1.165, 1.54) is 16.8 Å². The smallest absolute Gasteiger partial charge is 0.0442 e. The van der Waals surface area contributed by atoms with E-state index in [1.54, 1.807) is 0 Å². The van der Waals surface area contributed by atoms with Gasteiger partial charge < -0.3 is 10.6 Å². The molecule has 0 saturated carbocycles. The van der Waals surface area contributed by atoms with Crippen LogP contribution in [-0.4, -0.2) is 36.6 Å². The highest BCUT2D eigenvalue weighted by Crippen LogP contribution is 2.27. The summed E-state index contributed by atoms with van der Waals surface area (Å²) in [5.41, 5.74) is 10.1. The Morgan fingerprint density at radius 3 is 2.26 bits per heavy atom. The second-order valence-electron chi connectivity index (χ2n) is 6.43. The second-order valence-corrected chi connectivity index (χ2v) is 6.43. The lowest BCUT2D eigenvalue weighted by molar-refractivity contribution is 0.128. The first-order chi connectivity index (χ1) is 8.93. The van der Waals surface area contributed by atoms with Gasteiger partial charge in [0.1, 0.15) is 0 Å². The van der Waals surface area contributed by atoms with Crippen LogP contribution in [0.3, 0.4) is 0 Å². The van der Waals surface area contributed by atoms with Crippen molar-refractivity contribution in [2.24, 2.45) is 5.73 Å². The molecule has 0 amide bonds. The summed E-state index contributed by atoms with van der Waals surface area (Å²) in [6, 6.07) is 6.44. The fraction of sp³-hybridized carbons (Fsp3) is 0.625. The van der Waals surface area contributed by atoms with E-state index >= 15 is 0 Å². The average molecular weight is 261 g/mol. The van der Waals surface area contributed by atoms with Crippen molar-refractivity contribution in [3.05, 3.63) is 29.3 Å². The molecule has 0 aromatic heterocycles. The maximum Gasteiger partial charge on any atom is 0.0442 e. The van der Waals surface area contributed by atoms with Gasteiger partial charge in [0, 0.05) is 44.0 Å². The Morgan fingerprint density at radius 2 is 1.74 bits per heavy atom. The van der Waals surface area contributed by atoms with Crippen molar-refractivity contribution in [3.8, 4) is 0 Å². The molecule has 19 heavy (non-hydrogen) atoms. The summed E-state index contributed by atoms with van der Waals surface area (Å²) in [5.74, 6) is 0. The molecular formula is C16H27N3. The van der Waals surface area contributed by atoms with Crippen LogP contribution in [0.15, 0.2) is 18.2 Å². The van der Waals surface area contributed by atoms with Gasteiger partial charge in [0.2, 0.25) is 0 Å². The number of nitrogens with zero attached hydrogens (tertiary/aromatic N) is 2. The maximum absolute atomic E-state index is 5.89. The third kappa shape index (κ3) is 3.10. The van der Waals surface area contributed by atoms with E-state index in [4.69, 9.17) is 5.73 Å². The van der Waals surface area contributed by atoms with Crippen molar-refractivity contribution in [3.63, 3.8) is 0 Å². The summed E-state index contributed by atoms with van der Waals surface area (Å²) in [6.07, 6.45) is 0. The minimum atomic E-state index is 0.272. The molecule has 1 heterocycles. The Kier molecular flexibility index (Phi) is 4.16. The number of anilines is 1. The number of hydrogen-bond donors (Lipinski definition) is 1. The number of aryl methyl sites for hydroxylation is 1. The first-order valence-corrected chi connectivity index (χ1v) is 7.22. The van der Waals surface area contributed by atoms with Gasteiger partial charge in [-0.25, -0.2) is 0 Å². The van der Waals surface area contributed by atoms with E-state index < -0.39 is 0 Å². The van der Waals surface area contributed by atoms with Crippen molar-refractivity contribution in [2.75, 3.05) is 31.1 Å². The Balaban J connectivity index is 2.14. The average Bonchev–Trinajstić information content (AvgIpc) is 2.37. The van der Waals surface area contributed by atoms with Gasteiger partial charge in [0.25, 0.3) is 0 Å². The Morgan fingerprint density at radius 1 is 1.11 bits per heavy atom. The number of para-hydroxylation sites is 1. The van der Waals surface area contributed by atoms with Crippen LogP contribution in [-0.2, 0) is 6.54 Å². The first kappa shape index (κ1) is 14.4. The summed E-state index contributed by atoms with van der Waals surface area (Å²) in [6.45, 7) is 14.1. The third-order valence-corrected chi connectivity index (χ3v) is 4.09. The van der Waals surface area contributed by atoms with Crippen LogP contribution in [0.5, 0.6) is 0 Å². The lowest BCUT2D eigenvalue weighted by Crippen LogP contribution is -2.53. The molecule has 0 bridgehead atoms. The van der Waals surface area contributed by atoms with Crippen molar-refractivity contribution in [1.82, 2.24) is 4.90 Å². The Labute approximate surface area is 117 Å². The fourth-order valence-electron chi connectivity index (χ4n) is 2.94. The molecule has 1 aromatic rings. The number of nitrogens with two attached hydrogens (primary N) is 1. The predicted molar refractivity (Wildman–Crippen MR) is 82.6 cm³/mol. The molecule has 1 saturated heterocycles. The summed E-state index contributed by atoms with van der Waals surface area (Å²) in [5, 5.41) is 0. The zero-order chi connectivity index (χ0) is 14.0. The number of hydrogen-bond acceptors (Lipinski definition) is 3. The molecule has 106 valence electrons. The van der Waals surface area contributed by atoms with E-state index in [-0.39, 0.29) is 5.54 Å². The standard InChI is InChI=1S/C16H27N3/c1-13-6-5-7-14(12-17)15(13)18-8-10-19(11-9-18)16(2,3)4/h5-7H,8-12,17H2,1-4H3. The van der Waals surface area contributed by atoms with Gasteiger partial charge in [-0.3, -0.25) is 4.90 Å². The molecule has 3 nitrogen and oxygen atoms in total. The van der Waals surface area contributed by atoms with Crippen LogP contribution in [0.4, 0.5) is 5.69 Å². The van der Waals surface area contributed by atoms with E-state index in [9.17, 15) is 0 Å². The van der Waals surface area contributed by atoms with Gasteiger partial charge in [-0.2, -0.15) is 0 Å². The molecule has 3 heteroatoms. The topological polar surface area (TPSA) is 32.5 Å². The Hall–Kier alpha value is -1.06. The molecule has 0 spiro atoms. The van der Waals surface area contributed by atoms with Gasteiger partial charge in [0.15, 0.2) is 0 Å². The van der Waals surface area contributed by atoms with E-state index in [1.807, 2.05) is 0 Å². The highest BCUT2D eigenvalue weighted by molar-refractivity contribution is 5.59. The van der Waals surface area contributed by atoms with Crippen LogP contribution in [0, 0.1) is 6.92 Å². The zero-order valence-corrected chi connectivity index (χ0v) is 12.7. The SMILES string of the molecule is Cc1cccc(CN)c1N1CCN(C(C)(C)C)CC1. The van der Waals surface area contributed by atoms with Crippen molar-refractivity contribution >= 4 is 5.69 Å². The summed E-state index contributed by atoms with van der Waals surface area (Å²) >= 11 is 0. The lowest BCUT2D eigenvalue weighted by Gasteiger charge is -2.43. The molecule has 0 aliphatic carbocycles. The van der Waals surface area contributed by atoms with Gasteiger partial charge in [-0.15, -0.1) is 0 Å². The lowest BCUT2D eigenvalue weighted by atomic mass is 10.0. The van der Waals surface area contributed by atoms with Crippen LogP contribution in [0.2, 0.25) is 0 Å². The largest absolute Gasteiger partial charge is 0.368 e. The van der Waals surface area contributed by atoms with Crippen LogP contribution < -0.4 is 10.6 Å². The molecule has 0 atom stereocenters. The highest BCUT2D eigenvalue weighted by Gasteiger charge is 2.26. The van der Waals surface area contributed by atoms with Gasteiger partial charge >= 0.3 is 0 Å². The normalized spacial score (nSPS) is 17.8. The number of benzene rings is 1. The summed E-state index contributed by atoms with van der Waals surface area (Å²) < 4.78 is 0. The van der Waals surface area contributed by atoms with Gasteiger partial charge in [0.05, 0.1) is 0 Å². The molecular weight excluding hydrogens is 234 g/mol. The van der Waals surface area contributed by atoms with Gasteiger partial charge in [-0.05, 0) is 38.8 Å². The maximum atomic E-state index is 5.89. The predicted octanol–water partition coefficient (Wildman–Crippen LogP) is 2.37. The molecule has 1 aliphatic heterocycles. The molecule has 1 aromatic carbocycles. The van der Waals surface area contributed by atoms with Crippen LogP contribution >= 0.6 is 0 Å². The van der Waals surface area contributed by atoms with E-state index in [0.29, 0.717) is 6.54 Å². The zero-order valence-electron chi connectivity index (χ0n) is 12.7. The van der Waals surface area contributed by atoms with Gasteiger partial charge in [-0.1, -0.05) is 18.2 Å². The van der Waals surface area contributed by atoms with Crippen LogP contribution in [0.1, 0.15) is 31.9 Å². The molecule has 2 N–H and O–H groups in total. The minimum Gasteiger partial charge on any atom is -0.368 e. The molecule has 1 aliphatic rings.